The Morgan fingerprint density at radius 3 is 2.40 bits per heavy atom. The number of carbonyl (C=O) groups excluding carboxylic acids is 1. The fourth-order valence-corrected chi connectivity index (χ4v) is 0.523. The van der Waals surface area contributed by atoms with E-state index in [0.29, 0.717) is 0 Å². The molecule has 0 spiro atoms. The third-order valence-electron chi connectivity index (χ3n) is 1.36. The summed E-state index contributed by atoms with van der Waals surface area (Å²) in [7, 11) is 0. The van der Waals surface area contributed by atoms with E-state index < -0.39 is 5.38 Å². The predicted molar refractivity (Wildman–Crippen MR) is 43.2 cm³/mol. The highest BCUT2D eigenvalue weighted by molar-refractivity contribution is 6.30. The Kier molecular flexibility index (Phi) is 4.45. The summed E-state index contributed by atoms with van der Waals surface area (Å²) >= 11 is 5.52. The first-order valence-electron chi connectivity index (χ1n) is 3.52. The van der Waals surface area contributed by atoms with E-state index in [-0.39, 0.29) is 11.9 Å². The summed E-state index contributed by atoms with van der Waals surface area (Å²) in [5, 5.41) is 2.34. The Bertz CT molecular complexity index is 114. The Balaban J connectivity index is 3.57. The average Bonchev–Trinajstić information content (AvgIpc) is 1.87. The number of hydrogen-bond donors (Lipinski definition) is 1. The number of alkyl halides is 1. The molecule has 0 saturated heterocycles. The summed E-state index contributed by atoms with van der Waals surface area (Å²) in [6.07, 6.45) is 0.940. The van der Waals surface area contributed by atoms with Gasteiger partial charge < -0.3 is 5.32 Å². The van der Waals surface area contributed by atoms with Gasteiger partial charge in [0.05, 0.1) is 0 Å². The van der Waals surface area contributed by atoms with Gasteiger partial charge in [-0.15, -0.1) is 11.6 Å². The van der Waals surface area contributed by atoms with Gasteiger partial charge in [0.25, 0.3) is 0 Å². The Labute approximate surface area is 66.9 Å². The van der Waals surface area contributed by atoms with Gasteiger partial charge in [-0.05, 0) is 20.3 Å². The maximum absolute atomic E-state index is 10.9. The van der Waals surface area contributed by atoms with Crippen molar-refractivity contribution in [3.05, 3.63) is 0 Å². The summed E-state index contributed by atoms with van der Waals surface area (Å²) in [6, 6.07) is 0.230. The largest absolute Gasteiger partial charge is 0.352 e. The van der Waals surface area contributed by atoms with Crippen molar-refractivity contribution in [2.45, 2.75) is 38.6 Å². The Morgan fingerprint density at radius 2 is 2.10 bits per heavy atom. The molecule has 1 N–H and O–H groups in total. The van der Waals surface area contributed by atoms with Crippen LogP contribution in [0.4, 0.5) is 0 Å². The normalized spacial score (nSPS) is 16.0. The molecule has 0 aromatic heterocycles. The standard InChI is InChI=1S/C7H14ClNO/c1-4-5(2)9-7(10)6(3)8/h5-6H,4H2,1-3H3,(H,9,10)/t5-,6-/m1/s1. The van der Waals surface area contributed by atoms with Crippen LogP contribution < -0.4 is 5.32 Å². The molecule has 2 atom stereocenters. The lowest BCUT2D eigenvalue weighted by Gasteiger charge is -2.11. The molecule has 0 aliphatic heterocycles. The molecule has 0 saturated carbocycles. The molecule has 0 aromatic carbocycles. The highest BCUT2D eigenvalue weighted by Crippen LogP contribution is 1.95. The van der Waals surface area contributed by atoms with E-state index in [1.807, 2.05) is 13.8 Å². The first-order chi connectivity index (χ1) is 4.57. The maximum Gasteiger partial charge on any atom is 0.237 e. The van der Waals surface area contributed by atoms with Crippen LogP contribution in [0.15, 0.2) is 0 Å². The number of carbonyl (C=O) groups is 1. The second kappa shape index (κ2) is 4.56. The van der Waals surface area contributed by atoms with Crippen LogP contribution in [0, 0.1) is 0 Å². The zero-order valence-corrected chi connectivity index (χ0v) is 7.40. The molecule has 0 aromatic rings. The van der Waals surface area contributed by atoms with Crippen LogP contribution in [0.2, 0.25) is 0 Å². The van der Waals surface area contributed by atoms with Gasteiger partial charge in [-0.2, -0.15) is 0 Å². The summed E-state index contributed by atoms with van der Waals surface area (Å²) < 4.78 is 0. The highest BCUT2D eigenvalue weighted by Gasteiger charge is 2.10. The van der Waals surface area contributed by atoms with E-state index in [4.69, 9.17) is 11.6 Å². The molecule has 3 heteroatoms. The van der Waals surface area contributed by atoms with E-state index in [0.717, 1.165) is 6.42 Å². The van der Waals surface area contributed by atoms with Gasteiger partial charge in [0, 0.05) is 6.04 Å². The van der Waals surface area contributed by atoms with Crippen LogP contribution >= 0.6 is 11.6 Å². The quantitative estimate of drug-likeness (QED) is 0.629. The average molecular weight is 164 g/mol. The smallest absolute Gasteiger partial charge is 0.237 e. The molecule has 1 amide bonds. The summed E-state index contributed by atoms with van der Waals surface area (Å²) in [5.74, 6) is -0.0870. The first-order valence-corrected chi connectivity index (χ1v) is 3.96. The molecule has 0 bridgehead atoms. The van der Waals surface area contributed by atoms with E-state index in [9.17, 15) is 4.79 Å². The Hall–Kier alpha value is -0.240. The van der Waals surface area contributed by atoms with Crippen LogP contribution in [0.25, 0.3) is 0 Å². The van der Waals surface area contributed by atoms with Gasteiger partial charge in [0.1, 0.15) is 5.38 Å². The fraction of sp³-hybridized carbons (Fsp3) is 0.857. The van der Waals surface area contributed by atoms with Crippen molar-refractivity contribution in [1.29, 1.82) is 0 Å². The lowest BCUT2D eigenvalue weighted by atomic mass is 10.2. The van der Waals surface area contributed by atoms with Crippen molar-refractivity contribution >= 4 is 17.5 Å². The SMILES string of the molecule is CC[C@@H](C)NC(=O)[C@@H](C)Cl. The van der Waals surface area contributed by atoms with E-state index in [2.05, 4.69) is 5.32 Å². The minimum Gasteiger partial charge on any atom is -0.352 e. The number of halogens is 1. The molecule has 10 heavy (non-hydrogen) atoms. The number of amides is 1. The van der Waals surface area contributed by atoms with Gasteiger partial charge in [0.2, 0.25) is 5.91 Å². The molecule has 60 valence electrons. The molecule has 0 rings (SSSR count). The first kappa shape index (κ1) is 9.76. The second-order valence-electron chi connectivity index (χ2n) is 2.43. The summed E-state index contributed by atoms with van der Waals surface area (Å²) in [6.45, 7) is 5.64. The molecule has 0 radical (unpaired) electrons. The lowest BCUT2D eigenvalue weighted by Crippen LogP contribution is -2.36. The van der Waals surface area contributed by atoms with Crippen molar-refractivity contribution in [2.24, 2.45) is 0 Å². The summed E-state index contributed by atoms with van der Waals surface area (Å²) in [4.78, 5) is 10.9. The van der Waals surface area contributed by atoms with Crippen LogP contribution in [-0.4, -0.2) is 17.3 Å². The van der Waals surface area contributed by atoms with E-state index >= 15 is 0 Å². The van der Waals surface area contributed by atoms with Crippen molar-refractivity contribution in [3.63, 3.8) is 0 Å². The molecule has 2 nitrogen and oxygen atoms in total. The molecule has 0 unspecified atom stereocenters. The fourth-order valence-electron chi connectivity index (χ4n) is 0.460. The van der Waals surface area contributed by atoms with Crippen LogP contribution in [0.3, 0.4) is 0 Å². The van der Waals surface area contributed by atoms with Gasteiger partial charge in [0.15, 0.2) is 0 Å². The monoisotopic (exact) mass is 163 g/mol. The minimum atomic E-state index is -0.422. The maximum atomic E-state index is 10.9. The summed E-state index contributed by atoms with van der Waals surface area (Å²) in [5.41, 5.74) is 0. The lowest BCUT2D eigenvalue weighted by molar-refractivity contribution is -0.121. The van der Waals surface area contributed by atoms with Crippen LogP contribution in [0.1, 0.15) is 27.2 Å². The van der Waals surface area contributed by atoms with E-state index in [1.54, 1.807) is 6.92 Å². The molecule has 0 aliphatic carbocycles. The van der Waals surface area contributed by atoms with Gasteiger partial charge in [-0.25, -0.2) is 0 Å². The van der Waals surface area contributed by atoms with E-state index in [1.165, 1.54) is 0 Å². The molecular weight excluding hydrogens is 150 g/mol. The molecule has 0 fully saturated rings. The van der Waals surface area contributed by atoms with Gasteiger partial charge >= 0.3 is 0 Å². The third kappa shape index (κ3) is 3.72. The highest BCUT2D eigenvalue weighted by atomic mass is 35.5. The molecule has 0 aliphatic rings. The van der Waals surface area contributed by atoms with Crippen molar-refractivity contribution in [2.75, 3.05) is 0 Å². The van der Waals surface area contributed by atoms with Crippen LogP contribution in [0.5, 0.6) is 0 Å². The van der Waals surface area contributed by atoms with Crippen molar-refractivity contribution in [1.82, 2.24) is 5.32 Å². The minimum absolute atomic E-state index is 0.0870. The number of rotatable bonds is 3. The van der Waals surface area contributed by atoms with Gasteiger partial charge in [-0.3, -0.25) is 4.79 Å². The number of hydrogen-bond acceptors (Lipinski definition) is 1. The third-order valence-corrected chi connectivity index (χ3v) is 1.56. The molecular formula is C7H14ClNO. The zero-order valence-electron chi connectivity index (χ0n) is 6.65. The molecule has 0 heterocycles. The van der Waals surface area contributed by atoms with Crippen LogP contribution in [-0.2, 0) is 4.79 Å². The predicted octanol–water partition coefficient (Wildman–Crippen LogP) is 1.53. The van der Waals surface area contributed by atoms with Crippen molar-refractivity contribution in [3.8, 4) is 0 Å². The van der Waals surface area contributed by atoms with Crippen molar-refractivity contribution < 1.29 is 4.79 Å². The Morgan fingerprint density at radius 1 is 1.60 bits per heavy atom. The topological polar surface area (TPSA) is 29.1 Å². The second-order valence-corrected chi connectivity index (χ2v) is 3.09. The zero-order chi connectivity index (χ0) is 8.15. The number of nitrogens with one attached hydrogen (secondary N) is 1. The van der Waals surface area contributed by atoms with Gasteiger partial charge in [-0.1, -0.05) is 6.92 Å².